The third-order valence-corrected chi connectivity index (χ3v) is 6.00. The second-order valence-corrected chi connectivity index (χ2v) is 7.95. The first-order valence-corrected chi connectivity index (χ1v) is 10.7. The number of fused-ring (bicyclic) bond motifs is 1. The topological polar surface area (TPSA) is 98.3 Å². The fourth-order valence-electron chi connectivity index (χ4n) is 3.51. The number of unbranched alkanes of at least 4 members (excludes halogenated alkanes) is 1. The number of para-hydroxylation sites is 1. The molecule has 2 N–H and O–H groups in total. The van der Waals surface area contributed by atoms with E-state index in [0.29, 0.717) is 35.6 Å². The van der Waals surface area contributed by atoms with Gasteiger partial charge in [-0.05, 0) is 37.8 Å². The standard InChI is InChI=1S/C20H26N4O3S/c1-2-3-11-24-19(27)14-8-4-5-9-15(14)22-20(24)28-13-17(25)23-12-7-6-10-16(23)18(21)26/h4-5,8-9,16H,2-3,6-7,10-13H2,1H3,(H2,21,26)/t16-/m0/s1. The number of carbonyl (C=O) groups is 2. The van der Waals surface area contributed by atoms with E-state index in [2.05, 4.69) is 11.9 Å². The number of rotatable bonds is 7. The molecular weight excluding hydrogens is 376 g/mol. The number of hydrogen-bond donors (Lipinski definition) is 1. The van der Waals surface area contributed by atoms with Crippen molar-refractivity contribution in [3.05, 3.63) is 34.6 Å². The highest BCUT2D eigenvalue weighted by Gasteiger charge is 2.30. The van der Waals surface area contributed by atoms with Gasteiger partial charge in [-0.1, -0.05) is 37.2 Å². The van der Waals surface area contributed by atoms with Crippen molar-refractivity contribution in [2.24, 2.45) is 5.73 Å². The molecule has 1 atom stereocenters. The molecule has 0 saturated carbocycles. The van der Waals surface area contributed by atoms with Crippen LogP contribution in [0, 0.1) is 0 Å². The SMILES string of the molecule is CCCCn1c(SCC(=O)N2CCCC[C@H]2C(N)=O)nc2ccccc2c1=O. The van der Waals surface area contributed by atoms with Gasteiger partial charge in [-0.15, -0.1) is 0 Å². The van der Waals surface area contributed by atoms with E-state index in [4.69, 9.17) is 5.73 Å². The van der Waals surface area contributed by atoms with Crippen molar-refractivity contribution in [1.82, 2.24) is 14.5 Å². The van der Waals surface area contributed by atoms with Crippen LogP contribution in [0.1, 0.15) is 39.0 Å². The average molecular weight is 403 g/mol. The second kappa shape index (κ2) is 9.23. The van der Waals surface area contributed by atoms with E-state index >= 15 is 0 Å². The van der Waals surface area contributed by atoms with Gasteiger partial charge < -0.3 is 10.6 Å². The van der Waals surface area contributed by atoms with Gasteiger partial charge in [0, 0.05) is 13.1 Å². The number of likely N-dealkylation sites (tertiary alicyclic amines) is 1. The van der Waals surface area contributed by atoms with Crippen LogP contribution in [-0.4, -0.2) is 44.6 Å². The van der Waals surface area contributed by atoms with Gasteiger partial charge in [-0.3, -0.25) is 19.0 Å². The van der Waals surface area contributed by atoms with Crippen molar-refractivity contribution in [1.29, 1.82) is 0 Å². The summed E-state index contributed by atoms with van der Waals surface area (Å²) in [5, 5.41) is 1.12. The second-order valence-electron chi connectivity index (χ2n) is 7.01. The van der Waals surface area contributed by atoms with Gasteiger partial charge in [-0.2, -0.15) is 0 Å². The Kier molecular flexibility index (Phi) is 6.72. The lowest BCUT2D eigenvalue weighted by Crippen LogP contribution is -2.51. The molecule has 0 radical (unpaired) electrons. The van der Waals surface area contributed by atoms with Gasteiger partial charge in [0.15, 0.2) is 5.16 Å². The fourth-order valence-corrected chi connectivity index (χ4v) is 4.42. The van der Waals surface area contributed by atoms with E-state index in [1.165, 1.54) is 11.8 Å². The Morgan fingerprint density at radius 1 is 1.29 bits per heavy atom. The highest BCUT2D eigenvalue weighted by Crippen LogP contribution is 2.22. The lowest BCUT2D eigenvalue weighted by atomic mass is 10.0. The third-order valence-electron chi connectivity index (χ3n) is 5.04. The summed E-state index contributed by atoms with van der Waals surface area (Å²) in [6, 6.07) is 6.72. The smallest absolute Gasteiger partial charge is 0.262 e. The quantitative estimate of drug-likeness (QED) is 0.565. The van der Waals surface area contributed by atoms with Gasteiger partial charge in [-0.25, -0.2) is 4.98 Å². The number of carbonyl (C=O) groups excluding carboxylic acids is 2. The molecule has 1 aromatic heterocycles. The fraction of sp³-hybridized carbons (Fsp3) is 0.500. The predicted molar refractivity (Wildman–Crippen MR) is 110 cm³/mol. The summed E-state index contributed by atoms with van der Waals surface area (Å²) in [7, 11) is 0. The number of nitrogens with zero attached hydrogens (tertiary/aromatic N) is 3. The van der Waals surface area contributed by atoms with E-state index in [1.807, 2.05) is 12.1 Å². The summed E-state index contributed by atoms with van der Waals surface area (Å²) in [5.74, 6) is -0.472. The highest BCUT2D eigenvalue weighted by atomic mass is 32.2. The van der Waals surface area contributed by atoms with Crippen LogP contribution >= 0.6 is 11.8 Å². The number of nitrogens with two attached hydrogens (primary N) is 1. The predicted octanol–water partition coefficient (Wildman–Crippen LogP) is 2.16. The molecule has 1 aliphatic rings. The van der Waals surface area contributed by atoms with Crippen LogP contribution in [0.3, 0.4) is 0 Å². The van der Waals surface area contributed by atoms with Crippen LogP contribution in [0.5, 0.6) is 0 Å². The number of hydrogen-bond acceptors (Lipinski definition) is 5. The van der Waals surface area contributed by atoms with Crippen LogP contribution in [0.15, 0.2) is 34.2 Å². The summed E-state index contributed by atoms with van der Waals surface area (Å²) >= 11 is 1.25. The van der Waals surface area contributed by atoms with E-state index in [0.717, 1.165) is 25.7 Å². The molecule has 0 spiro atoms. The zero-order chi connectivity index (χ0) is 20.1. The number of piperidine rings is 1. The maximum Gasteiger partial charge on any atom is 0.262 e. The lowest BCUT2D eigenvalue weighted by Gasteiger charge is -2.33. The molecule has 8 heteroatoms. The van der Waals surface area contributed by atoms with Crippen LogP contribution in [0.2, 0.25) is 0 Å². The Hall–Kier alpha value is -2.35. The third kappa shape index (κ3) is 4.38. The van der Waals surface area contributed by atoms with Crippen LogP contribution < -0.4 is 11.3 Å². The zero-order valence-corrected chi connectivity index (χ0v) is 16.9. The summed E-state index contributed by atoms with van der Waals surface area (Å²) < 4.78 is 1.66. The van der Waals surface area contributed by atoms with Gasteiger partial charge in [0.05, 0.1) is 16.7 Å². The minimum atomic E-state index is -0.534. The number of benzene rings is 1. The first-order chi connectivity index (χ1) is 13.5. The van der Waals surface area contributed by atoms with Gasteiger partial charge >= 0.3 is 0 Å². The largest absolute Gasteiger partial charge is 0.368 e. The Bertz CT molecular complexity index is 927. The monoisotopic (exact) mass is 402 g/mol. The molecule has 1 saturated heterocycles. The van der Waals surface area contributed by atoms with Crippen molar-refractivity contribution in [3.63, 3.8) is 0 Å². The minimum Gasteiger partial charge on any atom is -0.368 e. The number of amides is 2. The van der Waals surface area contributed by atoms with Gasteiger partial charge in [0.1, 0.15) is 6.04 Å². The van der Waals surface area contributed by atoms with E-state index in [-0.39, 0.29) is 17.2 Å². The lowest BCUT2D eigenvalue weighted by molar-refractivity contribution is -0.138. The average Bonchev–Trinajstić information content (AvgIpc) is 2.71. The Morgan fingerprint density at radius 2 is 2.07 bits per heavy atom. The van der Waals surface area contributed by atoms with E-state index in [9.17, 15) is 14.4 Å². The number of primary amides is 1. The first kappa shape index (κ1) is 20.4. The molecule has 0 unspecified atom stereocenters. The molecule has 1 aliphatic heterocycles. The molecule has 1 fully saturated rings. The number of thioether (sulfide) groups is 1. The van der Waals surface area contributed by atoms with Crippen molar-refractivity contribution >= 4 is 34.5 Å². The Morgan fingerprint density at radius 3 is 2.82 bits per heavy atom. The minimum absolute atomic E-state index is 0.0815. The summed E-state index contributed by atoms with van der Waals surface area (Å²) in [5.41, 5.74) is 6.01. The molecule has 1 aromatic carbocycles. The molecule has 2 heterocycles. The van der Waals surface area contributed by atoms with Gasteiger partial charge in [0.25, 0.3) is 5.56 Å². The van der Waals surface area contributed by atoms with Crippen LogP contribution in [0.4, 0.5) is 0 Å². The maximum absolute atomic E-state index is 12.9. The Labute approximate surface area is 168 Å². The summed E-state index contributed by atoms with van der Waals surface area (Å²) in [4.78, 5) is 43.5. The van der Waals surface area contributed by atoms with Crippen LogP contribution in [0.25, 0.3) is 10.9 Å². The molecule has 28 heavy (non-hydrogen) atoms. The zero-order valence-electron chi connectivity index (χ0n) is 16.1. The van der Waals surface area contributed by atoms with E-state index < -0.39 is 11.9 Å². The molecule has 3 rings (SSSR count). The summed E-state index contributed by atoms with van der Waals surface area (Å²) in [6.45, 7) is 3.17. The molecule has 150 valence electrons. The van der Waals surface area contributed by atoms with Crippen molar-refractivity contribution in [2.75, 3.05) is 12.3 Å². The van der Waals surface area contributed by atoms with Crippen LogP contribution in [-0.2, 0) is 16.1 Å². The molecular formula is C20H26N4O3S. The molecule has 0 aliphatic carbocycles. The maximum atomic E-state index is 12.9. The van der Waals surface area contributed by atoms with E-state index in [1.54, 1.807) is 21.6 Å². The molecule has 2 amide bonds. The highest BCUT2D eigenvalue weighted by molar-refractivity contribution is 7.99. The van der Waals surface area contributed by atoms with Gasteiger partial charge in [0.2, 0.25) is 11.8 Å². The summed E-state index contributed by atoms with van der Waals surface area (Å²) in [6.07, 6.45) is 4.19. The van der Waals surface area contributed by atoms with Crippen molar-refractivity contribution < 1.29 is 9.59 Å². The molecule has 2 aromatic rings. The molecule has 0 bridgehead atoms. The van der Waals surface area contributed by atoms with Crippen molar-refractivity contribution in [3.8, 4) is 0 Å². The Balaban J connectivity index is 1.83. The number of aromatic nitrogens is 2. The van der Waals surface area contributed by atoms with Crippen molar-refractivity contribution in [2.45, 2.75) is 56.8 Å². The molecule has 7 nitrogen and oxygen atoms in total. The normalized spacial score (nSPS) is 17.0. The first-order valence-electron chi connectivity index (χ1n) is 9.74.